The van der Waals surface area contributed by atoms with Gasteiger partial charge in [0.2, 0.25) is 0 Å². The largest absolute Gasteiger partial charge is 0.489 e. The molecule has 0 fully saturated rings. The summed E-state index contributed by atoms with van der Waals surface area (Å²) in [6, 6.07) is 9.77. The summed E-state index contributed by atoms with van der Waals surface area (Å²) in [6.45, 7) is 2.64. The summed E-state index contributed by atoms with van der Waals surface area (Å²) in [4.78, 5) is 0. The maximum Gasteiger partial charge on any atom is 0.119 e. The fourth-order valence-corrected chi connectivity index (χ4v) is 0.990. The van der Waals surface area contributed by atoms with E-state index in [2.05, 4.69) is 6.92 Å². The summed E-state index contributed by atoms with van der Waals surface area (Å²) in [7, 11) is 0. The topological polar surface area (TPSA) is 35.2 Å². The molecule has 2 nitrogen and oxygen atoms in total. The minimum Gasteiger partial charge on any atom is -0.489 e. The first-order valence-corrected chi connectivity index (χ1v) is 4.28. The number of ether oxygens (including phenoxy) is 1. The van der Waals surface area contributed by atoms with Gasteiger partial charge < -0.3 is 10.5 Å². The highest BCUT2D eigenvalue weighted by Crippen LogP contribution is 2.11. The molecule has 0 radical (unpaired) electrons. The molecule has 0 aliphatic carbocycles. The van der Waals surface area contributed by atoms with Gasteiger partial charge in [0.15, 0.2) is 0 Å². The third kappa shape index (κ3) is 2.55. The third-order valence-corrected chi connectivity index (χ3v) is 1.76. The zero-order chi connectivity index (χ0) is 8.81. The van der Waals surface area contributed by atoms with E-state index >= 15 is 0 Å². The van der Waals surface area contributed by atoms with Gasteiger partial charge in [-0.2, -0.15) is 0 Å². The Balaban J connectivity index is 2.51. The molecule has 0 amide bonds. The minimum atomic E-state index is 0.146. The predicted octanol–water partition coefficient (Wildman–Crippen LogP) is 1.80. The van der Waals surface area contributed by atoms with E-state index in [1.165, 1.54) is 0 Å². The molecule has 0 unspecified atom stereocenters. The second kappa shape index (κ2) is 4.78. The van der Waals surface area contributed by atoms with Crippen LogP contribution in [0.15, 0.2) is 30.3 Å². The molecule has 0 aliphatic rings. The fraction of sp³-hybridized carbons (Fsp3) is 0.400. The summed E-state index contributed by atoms with van der Waals surface area (Å²) < 4.78 is 5.59. The first-order chi connectivity index (χ1) is 5.86. The van der Waals surface area contributed by atoms with Crippen LogP contribution in [0.5, 0.6) is 5.75 Å². The van der Waals surface area contributed by atoms with Crippen LogP contribution in [-0.4, -0.2) is 12.6 Å². The van der Waals surface area contributed by atoms with Gasteiger partial charge in [0.05, 0.1) is 0 Å². The van der Waals surface area contributed by atoms with Gasteiger partial charge in [0.1, 0.15) is 11.9 Å². The Morgan fingerprint density at radius 3 is 2.50 bits per heavy atom. The Bertz CT molecular complexity index is 206. The summed E-state index contributed by atoms with van der Waals surface area (Å²) in [5.74, 6) is 0.898. The van der Waals surface area contributed by atoms with Crippen LogP contribution in [0.1, 0.15) is 13.3 Å². The van der Waals surface area contributed by atoms with Crippen LogP contribution in [0.25, 0.3) is 0 Å². The molecule has 0 aromatic heterocycles. The zero-order valence-electron chi connectivity index (χ0n) is 7.36. The monoisotopic (exact) mass is 165 g/mol. The maximum atomic E-state index is 5.59. The van der Waals surface area contributed by atoms with Crippen molar-refractivity contribution in [3.05, 3.63) is 30.3 Å². The Morgan fingerprint density at radius 2 is 2.00 bits per heavy atom. The first kappa shape index (κ1) is 9.07. The van der Waals surface area contributed by atoms with Gasteiger partial charge in [-0.1, -0.05) is 25.1 Å². The molecule has 2 heteroatoms. The van der Waals surface area contributed by atoms with E-state index in [-0.39, 0.29) is 6.10 Å². The molecule has 1 atom stereocenters. The standard InChI is InChI=1S/C10H15NO/c1-2-9(8-11)12-10-6-4-3-5-7-10/h3-7,9H,2,8,11H2,1H3/t9-/m1/s1. The highest BCUT2D eigenvalue weighted by molar-refractivity contribution is 5.21. The predicted molar refractivity (Wildman–Crippen MR) is 50.2 cm³/mol. The van der Waals surface area contributed by atoms with Crippen LogP contribution in [0.4, 0.5) is 0 Å². The van der Waals surface area contributed by atoms with Crippen molar-refractivity contribution >= 4 is 0 Å². The SMILES string of the molecule is CC[C@H](CN)Oc1ccccc1. The van der Waals surface area contributed by atoms with Crippen molar-refractivity contribution in [1.29, 1.82) is 0 Å². The maximum absolute atomic E-state index is 5.59. The number of benzene rings is 1. The normalized spacial score (nSPS) is 12.5. The fourth-order valence-electron chi connectivity index (χ4n) is 0.990. The number of hydrogen-bond acceptors (Lipinski definition) is 2. The van der Waals surface area contributed by atoms with E-state index in [1.807, 2.05) is 30.3 Å². The molecule has 1 aromatic rings. The van der Waals surface area contributed by atoms with Crippen LogP contribution in [-0.2, 0) is 0 Å². The number of hydrogen-bond donors (Lipinski definition) is 1. The van der Waals surface area contributed by atoms with Gasteiger partial charge in [0, 0.05) is 6.54 Å². The lowest BCUT2D eigenvalue weighted by atomic mass is 10.3. The van der Waals surface area contributed by atoms with Gasteiger partial charge in [-0.15, -0.1) is 0 Å². The summed E-state index contributed by atoms with van der Waals surface area (Å²) in [6.07, 6.45) is 1.10. The van der Waals surface area contributed by atoms with E-state index < -0.39 is 0 Å². The molecule has 1 aromatic carbocycles. The molecule has 0 bridgehead atoms. The lowest BCUT2D eigenvalue weighted by molar-refractivity contribution is 0.205. The number of rotatable bonds is 4. The smallest absolute Gasteiger partial charge is 0.119 e. The van der Waals surface area contributed by atoms with Crippen molar-refractivity contribution in [3.63, 3.8) is 0 Å². The molecule has 0 spiro atoms. The lowest BCUT2D eigenvalue weighted by Gasteiger charge is -2.14. The quantitative estimate of drug-likeness (QED) is 0.738. The average molecular weight is 165 g/mol. The van der Waals surface area contributed by atoms with Crippen LogP contribution in [0, 0.1) is 0 Å². The number of nitrogens with two attached hydrogens (primary N) is 1. The molecule has 0 saturated carbocycles. The lowest BCUT2D eigenvalue weighted by Crippen LogP contribution is -2.25. The summed E-state index contributed by atoms with van der Waals surface area (Å²) in [5, 5.41) is 0. The van der Waals surface area contributed by atoms with Gasteiger partial charge >= 0.3 is 0 Å². The van der Waals surface area contributed by atoms with E-state index in [1.54, 1.807) is 0 Å². The van der Waals surface area contributed by atoms with Gasteiger partial charge in [-0.25, -0.2) is 0 Å². The van der Waals surface area contributed by atoms with Crippen molar-refractivity contribution in [1.82, 2.24) is 0 Å². The molecular formula is C10H15NO. The Kier molecular flexibility index (Phi) is 3.61. The third-order valence-electron chi connectivity index (χ3n) is 1.76. The minimum absolute atomic E-state index is 0.146. The van der Waals surface area contributed by atoms with Gasteiger partial charge in [-0.05, 0) is 18.6 Å². The van der Waals surface area contributed by atoms with Crippen LogP contribution < -0.4 is 10.5 Å². The average Bonchev–Trinajstić information content (AvgIpc) is 2.16. The number of para-hydroxylation sites is 1. The second-order valence-corrected chi connectivity index (χ2v) is 2.70. The first-order valence-electron chi connectivity index (χ1n) is 4.28. The van der Waals surface area contributed by atoms with E-state index in [0.29, 0.717) is 6.54 Å². The summed E-state index contributed by atoms with van der Waals surface area (Å²) in [5.41, 5.74) is 5.51. The molecule has 2 N–H and O–H groups in total. The molecule has 0 heterocycles. The van der Waals surface area contributed by atoms with Crippen molar-refractivity contribution in [3.8, 4) is 5.75 Å². The Hall–Kier alpha value is -1.02. The van der Waals surface area contributed by atoms with Gasteiger partial charge in [-0.3, -0.25) is 0 Å². The highest BCUT2D eigenvalue weighted by atomic mass is 16.5. The van der Waals surface area contributed by atoms with Crippen molar-refractivity contribution in [2.75, 3.05) is 6.54 Å². The van der Waals surface area contributed by atoms with Crippen molar-refractivity contribution in [2.24, 2.45) is 5.73 Å². The summed E-state index contributed by atoms with van der Waals surface area (Å²) >= 11 is 0. The van der Waals surface area contributed by atoms with E-state index in [0.717, 1.165) is 12.2 Å². The molecule has 1 rings (SSSR count). The van der Waals surface area contributed by atoms with E-state index in [4.69, 9.17) is 10.5 Å². The Morgan fingerprint density at radius 1 is 1.33 bits per heavy atom. The molecule has 0 aliphatic heterocycles. The van der Waals surface area contributed by atoms with Crippen molar-refractivity contribution < 1.29 is 4.74 Å². The van der Waals surface area contributed by atoms with Crippen LogP contribution >= 0.6 is 0 Å². The Labute approximate surface area is 73.3 Å². The second-order valence-electron chi connectivity index (χ2n) is 2.70. The van der Waals surface area contributed by atoms with E-state index in [9.17, 15) is 0 Å². The molecule has 12 heavy (non-hydrogen) atoms. The molecule has 0 saturated heterocycles. The van der Waals surface area contributed by atoms with Crippen molar-refractivity contribution in [2.45, 2.75) is 19.4 Å². The molecule has 66 valence electrons. The van der Waals surface area contributed by atoms with Crippen LogP contribution in [0.2, 0.25) is 0 Å². The van der Waals surface area contributed by atoms with Gasteiger partial charge in [0.25, 0.3) is 0 Å². The van der Waals surface area contributed by atoms with Crippen LogP contribution in [0.3, 0.4) is 0 Å². The molecular weight excluding hydrogens is 150 g/mol. The zero-order valence-corrected chi connectivity index (χ0v) is 7.36. The highest BCUT2D eigenvalue weighted by Gasteiger charge is 2.03.